The lowest BCUT2D eigenvalue weighted by Crippen LogP contribution is -2.30. The van der Waals surface area contributed by atoms with Gasteiger partial charge in [0.2, 0.25) is 0 Å². The predicted octanol–water partition coefficient (Wildman–Crippen LogP) is 3.61. The van der Waals surface area contributed by atoms with Crippen molar-refractivity contribution in [2.45, 2.75) is 50.5 Å². The fraction of sp³-hybridized carbons (Fsp3) is 0.600. The quantitative estimate of drug-likeness (QED) is 0.833. The Hall–Kier alpha value is -0.670. The topological polar surface area (TPSA) is 26.3 Å². The summed E-state index contributed by atoms with van der Waals surface area (Å²) < 4.78 is 18.1. The molecule has 98 valence electrons. The van der Waals surface area contributed by atoms with Crippen molar-refractivity contribution in [2.24, 2.45) is 11.3 Å². The van der Waals surface area contributed by atoms with E-state index < -0.39 is 11.1 Å². The summed E-state index contributed by atoms with van der Waals surface area (Å²) >= 11 is -1.31. The van der Waals surface area contributed by atoms with Gasteiger partial charge >= 0.3 is 0 Å². The zero-order chi connectivity index (χ0) is 12.8. The SMILES string of the molecule is Cc1ccc(S(=O)O[C@H]2C[C@H]3CC[C@]2(C)C3)cc1. The molecule has 2 nitrogen and oxygen atoms in total. The van der Waals surface area contributed by atoms with E-state index in [9.17, 15) is 4.21 Å². The molecular formula is C15H20O2S. The van der Waals surface area contributed by atoms with Crippen LogP contribution >= 0.6 is 0 Å². The monoisotopic (exact) mass is 264 g/mol. The van der Waals surface area contributed by atoms with Gasteiger partial charge in [-0.05, 0) is 56.1 Å². The first-order chi connectivity index (χ1) is 8.57. The van der Waals surface area contributed by atoms with Gasteiger partial charge < -0.3 is 0 Å². The fourth-order valence-electron chi connectivity index (χ4n) is 3.44. The average Bonchev–Trinajstić information content (AvgIpc) is 2.85. The van der Waals surface area contributed by atoms with Crippen LogP contribution in [0.25, 0.3) is 0 Å². The molecular weight excluding hydrogens is 244 g/mol. The van der Waals surface area contributed by atoms with Gasteiger partial charge in [-0.2, -0.15) is 0 Å². The molecule has 2 saturated carbocycles. The Bertz CT molecular complexity index is 468. The van der Waals surface area contributed by atoms with Crippen molar-refractivity contribution in [3.8, 4) is 0 Å². The van der Waals surface area contributed by atoms with Crippen molar-refractivity contribution >= 4 is 11.1 Å². The largest absolute Gasteiger partial charge is 0.283 e. The van der Waals surface area contributed by atoms with Crippen molar-refractivity contribution in [2.75, 3.05) is 0 Å². The highest BCUT2D eigenvalue weighted by atomic mass is 32.2. The summed E-state index contributed by atoms with van der Waals surface area (Å²) in [7, 11) is 0. The van der Waals surface area contributed by atoms with E-state index >= 15 is 0 Å². The van der Waals surface area contributed by atoms with Gasteiger partial charge in [0.05, 0.1) is 11.0 Å². The van der Waals surface area contributed by atoms with Gasteiger partial charge in [0.25, 0.3) is 0 Å². The van der Waals surface area contributed by atoms with Crippen molar-refractivity contribution in [1.82, 2.24) is 0 Å². The Balaban J connectivity index is 1.70. The second-order valence-electron chi connectivity index (χ2n) is 6.13. The highest BCUT2D eigenvalue weighted by molar-refractivity contribution is 7.80. The lowest BCUT2D eigenvalue weighted by atomic mass is 9.84. The first-order valence-corrected chi connectivity index (χ1v) is 7.80. The van der Waals surface area contributed by atoms with E-state index in [-0.39, 0.29) is 11.5 Å². The summed E-state index contributed by atoms with van der Waals surface area (Å²) in [5.41, 5.74) is 1.45. The first-order valence-electron chi connectivity index (χ1n) is 6.72. The molecule has 0 amide bonds. The highest BCUT2D eigenvalue weighted by Gasteiger charge is 2.50. The van der Waals surface area contributed by atoms with Crippen molar-refractivity contribution in [1.29, 1.82) is 0 Å². The lowest BCUT2D eigenvalue weighted by Gasteiger charge is -2.30. The fourth-order valence-corrected chi connectivity index (χ4v) is 4.44. The van der Waals surface area contributed by atoms with Crippen LogP contribution in [0.3, 0.4) is 0 Å². The Morgan fingerprint density at radius 1 is 1.33 bits per heavy atom. The maximum atomic E-state index is 12.2. The molecule has 2 bridgehead atoms. The first kappa shape index (κ1) is 12.4. The van der Waals surface area contributed by atoms with Gasteiger partial charge in [-0.3, -0.25) is 4.18 Å². The molecule has 3 rings (SSSR count). The average molecular weight is 264 g/mol. The lowest BCUT2D eigenvalue weighted by molar-refractivity contribution is 0.0889. The molecule has 4 atom stereocenters. The third kappa shape index (κ3) is 2.14. The smallest absolute Gasteiger partial charge is 0.189 e. The van der Waals surface area contributed by atoms with E-state index in [4.69, 9.17) is 4.18 Å². The summed E-state index contributed by atoms with van der Waals surface area (Å²) in [5.74, 6) is 0.801. The summed E-state index contributed by atoms with van der Waals surface area (Å²) in [6.45, 7) is 4.32. The number of aryl methyl sites for hydroxylation is 1. The maximum absolute atomic E-state index is 12.2. The minimum atomic E-state index is -1.31. The Labute approximate surface area is 111 Å². The zero-order valence-electron chi connectivity index (χ0n) is 11.0. The van der Waals surface area contributed by atoms with Gasteiger partial charge in [0.1, 0.15) is 0 Å². The van der Waals surface area contributed by atoms with E-state index in [2.05, 4.69) is 6.92 Å². The van der Waals surface area contributed by atoms with Crippen LogP contribution in [0, 0.1) is 18.3 Å². The van der Waals surface area contributed by atoms with Crippen LogP contribution in [0.15, 0.2) is 29.2 Å². The van der Waals surface area contributed by atoms with Crippen LogP contribution in [0.1, 0.15) is 38.2 Å². The molecule has 0 aromatic heterocycles. The molecule has 3 heteroatoms. The van der Waals surface area contributed by atoms with Crippen molar-refractivity contribution in [3.63, 3.8) is 0 Å². The molecule has 0 heterocycles. The van der Waals surface area contributed by atoms with Gasteiger partial charge in [0, 0.05) is 0 Å². The Morgan fingerprint density at radius 2 is 2.06 bits per heavy atom. The van der Waals surface area contributed by atoms with E-state index in [0.717, 1.165) is 17.2 Å². The van der Waals surface area contributed by atoms with Gasteiger partial charge in [-0.15, -0.1) is 0 Å². The number of rotatable bonds is 3. The van der Waals surface area contributed by atoms with E-state index in [1.54, 1.807) is 0 Å². The minimum absolute atomic E-state index is 0.179. The van der Waals surface area contributed by atoms with Crippen LogP contribution in [-0.2, 0) is 15.3 Å². The number of fused-ring (bicyclic) bond motifs is 2. The van der Waals surface area contributed by atoms with Crippen LogP contribution < -0.4 is 0 Å². The third-order valence-corrected chi connectivity index (χ3v) is 5.68. The Kier molecular flexibility index (Phi) is 3.07. The van der Waals surface area contributed by atoms with Crippen molar-refractivity contribution in [3.05, 3.63) is 29.8 Å². The summed E-state index contributed by atoms with van der Waals surface area (Å²) in [5, 5.41) is 0. The van der Waals surface area contributed by atoms with E-state index in [1.807, 2.05) is 31.2 Å². The minimum Gasteiger partial charge on any atom is -0.283 e. The second kappa shape index (κ2) is 4.46. The van der Waals surface area contributed by atoms with Crippen LogP contribution in [0.4, 0.5) is 0 Å². The highest BCUT2D eigenvalue weighted by Crippen LogP contribution is 2.55. The second-order valence-corrected chi connectivity index (χ2v) is 7.26. The molecule has 2 aliphatic rings. The maximum Gasteiger partial charge on any atom is 0.189 e. The molecule has 2 fully saturated rings. The zero-order valence-corrected chi connectivity index (χ0v) is 11.8. The summed E-state index contributed by atoms with van der Waals surface area (Å²) in [6, 6.07) is 7.78. The molecule has 18 heavy (non-hydrogen) atoms. The molecule has 1 aromatic rings. The third-order valence-electron chi connectivity index (χ3n) is 4.62. The Morgan fingerprint density at radius 3 is 2.61 bits per heavy atom. The molecule has 0 radical (unpaired) electrons. The molecule has 0 spiro atoms. The number of benzene rings is 1. The number of hydrogen-bond acceptors (Lipinski definition) is 2. The molecule has 0 saturated heterocycles. The van der Waals surface area contributed by atoms with E-state index in [1.165, 1.54) is 24.8 Å². The predicted molar refractivity (Wildman–Crippen MR) is 72.5 cm³/mol. The van der Waals surface area contributed by atoms with E-state index in [0.29, 0.717) is 0 Å². The van der Waals surface area contributed by atoms with Gasteiger partial charge in [-0.25, -0.2) is 4.21 Å². The molecule has 1 aromatic carbocycles. The van der Waals surface area contributed by atoms with Crippen LogP contribution in [0.5, 0.6) is 0 Å². The van der Waals surface area contributed by atoms with Crippen LogP contribution in [0.2, 0.25) is 0 Å². The number of hydrogen-bond donors (Lipinski definition) is 0. The standard InChI is InChI=1S/C15H20O2S/c1-11-3-5-13(6-4-11)18(16)17-14-9-12-7-8-15(14,2)10-12/h3-6,12,14H,7-10H2,1-2H3/t12-,14+,15-,18?/m1/s1. The van der Waals surface area contributed by atoms with Gasteiger partial charge in [-0.1, -0.05) is 24.6 Å². The van der Waals surface area contributed by atoms with Gasteiger partial charge in [0.15, 0.2) is 11.1 Å². The molecule has 2 aliphatic carbocycles. The van der Waals surface area contributed by atoms with Crippen LogP contribution in [-0.4, -0.2) is 10.3 Å². The molecule has 0 aliphatic heterocycles. The summed E-state index contributed by atoms with van der Waals surface area (Å²) in [6.07, 6.45) is 5.08. The molecule has 1 unspecified atom stereocenters. The summed E-state index contributed by atoms with van der Waals surface area (Å²) in [4.78, 5) is 0.784. The molecule has 0 N–H and O–H groups in total. The van der Waals surface area contributed by atoms with Crippen molar-refractivity contribution < 1.29 is 8.39 Å². The normalized spacial score (nSPS) is 35.9.